The summed E-state index contributed by atoms with van der Waals surface area (Å²) in [5.41, 5.74) is -1.35. The Morgan fingerprint density at radius 2 is 1.88 bits per heavy atom. The first-order valence-corrected chi connectivity index (χ1v) is 8.04. The van der Waals surface area contributed by atoms with Crippen LogP contribution in [0.25, 0.3) is 0 Å². The fourth-order valence-corrected chi connectivity index (χ4v) is 3.49. The second kappa shape index (κ2) is 6.91. The maximum absolute atomic E-state index is 12.2. The van der Waals surface area contributed by atoms with Crippen molar-refractivity contribution in [3.05, 3.63) is 57.2 Å². The van der Waals surface area contributed by atoms with Crippen LogP contribution in [0.1, 0.15) is 6.23 Å². The molecule has 1 aromatic heterocycles. The molecular formula is C15H16N2O6S. The molecule has 2 aromatic rings. The predicted octanol–water partition coefficient (Wildman–Crippen LogP) is -0.701. The summed E-state index contributed by atoms with van der Waals surface area (Å²) in [6, 6.07) is 10.3. The molecule has 0 aliphatic carbocycles. The van der Waals surface area contributed by atoms with E-state index in [0.29, 0.717) is 0 Å². The molecule has 3 rings (SSSR count). The number of aliphatic hydroxyl groups excluding tert-OH is 3. The van der Waals surface area contributed by atoms with E-state index in [1.165, 1.54) is 6.07 Å². The molecule has 0 saturated carbocycles. The zero-order valence-corrected chi connectivity index (χ0v) is 13.2. The second-order valence-corrected chi connectivity index (χ2v) is 6.38. The van der Waals surface area contributed by atoms with Gasteiger partial charge in [0, 0.05) is 11.0 Å². The van der Waals surface area contributed by atoms with E-state index in [-0.39, 0.29) is 5.03 Å². The van der Waals surface area contributed by atoms with Gasteiger partial charge in [-0.25, -0.2) is 4.79 Å². The summed E-state index contributed by atoms with van der Waals surface area (Å²) < 4.78 is 6.47. The summed E-state index contributed by atoms with van der Waals surface area (Å²) in [5.74, 6) is 0. The summed E-state index contributed by atoms with van der Waals surface area (Å²) in [5, 5.41) is 29.5. The highest BCUT2D eigenvalue weighted by molar-refractivity contribution is 7.99. The summed E-state index contributed by atoms with van der Waals surface area (Å²) in [6.07, 6.45) is -4.99. The molecule has 0 radical (unpaired) electrons. The lowest BCUT2D eigenvalue weighted by Crippen LogP contribution is -2.38. The number of hydrogen-bond donors (Lipinski definition) is 4. The first-order valence-electron chi connectivity index (χ1n) is 7.22. The summed E-state index contributed by atoms with van der Waals surface area (Å²) in [4.78, 5) is 26.8. The van der Waals surface area contributed by atoms with Crippen LogP contribution in [0.3, 0.4) is 0 Å². The van der Waals surface area contributed by atoms with Gasteiger partial charge >= 0.3 is 5.69 Å². The molecule has 2 heterocycles. The molecule has 8 nitrogen and oxygen atoms in total. The van der Waals surface area contributed by atoms with Gasteiger partial charge in [0.2, 0.25) is 0 Å². The first-order chi connectivity index (χ1) is 11.5. The van der Waals surface area contributed by atoms with Crippen molar-refractivity contribution < 1.29 is 20.1 Å². The van der Waals surface area contributed by atoms with Crippen LogP contribution in [0.15, 0.2) is 55.9 Å². The van der Waals surface area contributed by atoms with Gasteiger partial charge in [-0.05, 0) is 12.1 Å². The van der Waals surface area contributed by atoms with Crippen LogP contribution in [-0.2, 0) is 4.74 Å². The highest BCUT2D eigenvalue weighted by Crippen LogP contribution is 2.33. The van der Waals surface area contributed by atoms with Gasteiger partial charge in [-0.15, -0.1) is 0 Å². The first kappa shape index (κ1) is 16.9. The molecule has 0 bridgehead atoms. The Hall–Kier alpha value is -1.91. The number of rotatable bonds is 4. The third-order valence-electron chi connectivity index (χ3n) is 3.68. The summed E-state index contributed by atoms with van der Waals surface area (Å²) >= 11 is 1.15. The van der Waals surface area contributed by atoms with Gasteiger partial charge in [0.15, 0.2) is 6.23 Å². The molecule has 9 heteroatoms. The van der Waals surface area contributed by atoms with Gasteiger partial charge in [0.1, 0.15) is 18.3 Å². The molecule has 128 valence electrons. The number of aromatic amines is 1. The SMILES string of the molecule is O=c1cc(Sc2ccccc2)n([C@@H]2O[C@H](CO)[C@@H](O)[C@H]2O)c(=O)[nH]1. The number of nitrogens with one attached hydrogen (secondary N) is 1. The topological polar surface area (TPSA) is 125 Å². The van der Waals surface area contributed by atoms with Gasteiger partial charge in [-0.3, -0.25) is 14.3 Å². The Labute approximate surface area is 140 Å². The van der Waals surface area contributed by atoms with Crippen LogP contribution in [0.5, 0.6) is 0 Å². The van der Waals surface area contributed by atoms with E-state index in [1.54, 1.807) is 12.1 Å². The van der Waals surface area contributed by atoms with Gasteiger partial charge in [0.05, 0.1) is 11.6 Å². The molecule has 4 atom stereocenters. The molecule has 0 spiro atoms. The fourth-order valence-electron chi connectivity index (χ4n) is 2.51. The fraction of sp³-hybridized carbons (Fsp3) is 0.333. The van der Waals surface area contributed by atoms with E-state index in [4.69, 9.17) is 4.74 Å². The maximum atomic E-state index is 12.2. The quantitative estimate of drug-likeness (QED) is 0.536. The van der Waals surface area contributed by atoms with Crippen molar-refractivity contribution in [1.29, 1.82) is 0 Å². The second-order valence-electron chi connectivity index (χ2n) is 5.29. The molecule has 0 amide bonds. The van der Waals surface area contributed by atoms with Crippen LogP contribution >= 0.6 is 11.8 Å². The Morgan fingerprint density at radius 1 is 1.17 bits per heavy atom. The smallest absolute Gasteiger partial charge is 0.331 e. The number of nitrogens with zero attached hydrogens (tertiary/aromatic N) is 1. The van der Waals surface area contributed by atoms with Crippen molar-refractivity contribution in [2.75, 3.05) is 6.61 Å². The third kappa shape index (κ3) is 3.17. The Balaban J connectivity index is 2.04. The summed E-state index contributed by atoms with van der Waals surface area (Å²) in [7, 11) is 0. The Bertz CT molecular complexity index is 821. The minimum absolute atomic E-state index is 0.254. The van der Waals surface area contributed by atoms with Crippen LogP contribution in [0.2, 0.25) is 0 Å². The maximum Gasteiger partial charge on any atom is 0.331 e. The molecule has 24 heavy (non-hydrogen) atoms. The number of hydrogen-bond acceptors (Lipinski definition) is 7. The van der Waals surface area contributed by atoms with E-state index in [9.17, 15) is 24.9 Å². The number of H-pyrrole nitrogens is 1. The monoisotopic (exact) mass is 352 g/mol. The molecule has 1 fully saturated rings. The zero-order valence-electron chi connectivity index (χ0n) is 12.4. The molecule has 1 aliphatic heterocycles. The highest BCUT2D eigenvalue weighted by Gasteiger charge is 2.44. The van der Waals surface area contributed by atoms with Gasteiger partial charge in [-0.1, -0.05) is 30.0 Å². The number of aromatic nitrogens is 2. The zero-order chi connectivity index (χ0) is 17.3. The van der Waals surface area contributed by atoms with Crippen LogP contribution in [0.4, 0.5) is 0 Å². The van der Waals surface area contributed by atoms with Crippen molar-refractivity contribution in [3.8, 4) is 0 Å². The molecule has 1 saturated heterocycles. The van der Waals surface area contributed by atoms with Gasteiger partial charge in [0.25, 0.3) is 5.56 Å². The number of aliphatic hydroxyl groups is 3. The van der Waals surface area contributed by atoms with Crippen LogP contribution in [-0.4, -0.2) is 49.8 Å². The largest absolute Gasteiger partial charge is 0.394 e. The van der Waals surface area contributed by atoms with Crippen molar-refractivity contribution in [3.63, 3.8) is 0 Å². The Morgan fingerprint density at radius 3 is 2.50 bits per heavy atom. The third-order valence-corrected chi connectivity index (χ3v) is 4.71. The average Bonchev–Trinajstić information content (AvgIpc) is 2.83. The van der Waals surface area contributed by atoms with Crippen molar-refractivity contribution in [2.24, 2.45) is 0 Å². The molecule has 0 unspecified atom stereocenters. The average molecular weight is 352 g/mol. The lowest BCUT2D eigenvalue weighted by atomic mass is 10.1. The highest BCUT2D eigenvalue weighted by atomic mass is 32.2. The minimum atomic E-state index is -1.42. The van der Waals surface area contributed by atoms with Gasteiger partial charge < -0.3 is 20.1 Å². The van der Waals surface area contributed by atoms with E-state index in [2.05, 4.69) is 4.98 Å². The van der Waals surface area contributed by atoms with E-state index >= 15 is 0 Å². The minimum Gasteiger partial charge on any atom is -0.394 e. The van der Waals surface area contributed by atoms with E-state index < -0.39 is 42.4 Å². The van der Waals surface area contributed by atoms with E-state index in [0.717, 1.165) is 21.2 Å². The molecule has 1 aliphatic rings. The lowest BCUT2D eigenvalue weighted by molar-refractivity contribution is -0.0590. The van der Waals surface area contributed by atoms with Crippen LogP contribution < -0.4 is 11.2 Å². The van der Waals surface area contributed by atoms with Crippen molar-refractivity contribution in [2.45, 2.75) is 34.5 Å². The molecule has 4 N–H and O–H groups in total. The molecular weight excluding hydrogens is 336 g/mol. The summed E-state index contributed by atoms with van der Waals surface area (Å²) in [6.45, 7) is -0.506. The molecule has 1 aromatic carbocycles. The number of benzene rings is 1. The van der Waals surface area contributed by atoms with Gasteiger partial charge in [-0.2, -0.15) is 0 Å². The standard InChI is InChI=1S/C15H16N2O6S/c18-7-9-12(20)13(21)14(23-9)17-11(6-10(19)16-15(17)22)24-8-4-2-1-3-5-8/h1-6,9,12-14,18,20-21H,7H2,(H,16,19,22)/t9-,12-,13-,14-/m1/s1. The predicted molar refractivity (Wildman–Crippen MR) is 84.9 cm³/mol. The Kier molecular flexibility index (Phi) is 4.88. The lowest BCUT2D eigenvalue weighted by Gasteiger charge is -2.20. The normalized spacial score (nSPS) is 26.6. The number of ether oxygens (including phenoxy) is 1. The van der Waals surface area contributed by atoms with Crippen molar-refractivity contribution in [1.82, 2.24) is 9.55 Å². The van der Waals surface area contributed by atoms with Crippen molar-refractivity contribution >= 4 is 11.8 Å². The van der Waals surface area contributed by atoms with E-state index in [1.807, 2.05) is 18.2 Å². The van der Waals surface area contributed by atoms with Crippen LogP contribution in [0, 0.1) is 0 Å².